The molecule has 0 spiro atoms. The first kappa shape index (κ1) is 17.5. The van der Waals surface area contributed by atoms with E-state index in [0.717, 1.165) is 12.8 Å². The minimum atomic E-state index is -6.29. The molecule has 0 aromatic rings. The molecule has 1 rings (SSSR count). The zero-order valence-electron chi connectivity index (χ0n) is 10.5. The van der Waals surface area contributed by atoms with E-state index >= 15 is 0 Å². The zero-order chi connectivity index (χ0) is 15.4. The van der Waals surface area contributed by atoms with E-state index < -0.39 is 31.0 Å². The van der Waals surface area contributed by atoms with Gasteiger partial charge in [0.2, 0.25) is 0 Å². The molecule has 0 aromatic heterocycles. The molecule has 1 saturated heterocycles. The number of halogens is 7. The SMILES string of the molecule is FC(F)(F)C(F)(F)C(F)(F)CCOCC1CCCCO1. The molecule has 1 aliphatic heterocycles. The van der Waals surface area contributed by atoms with Crippen molar-refractivity contribution < 1.29 is 40.2 Å². The number of rotatable bonds is 6. The topological polar surface area (TPSA) is 18.5 Å². The maximum atomic E-state index is 12.9. The summed E-state index contributed by atoms with van der Waals surface area (Å²) >= 11 is 0. The fraction of sp³-hybridized carbons (Fsp3) is 1.00. The summed E-state index contributed by atoms with van der Waals surface area (Å²) in [5.74, 6) is -11.3. The molecule has 1 atom stereocenters. The van der Waals surface area contributed by atoms with Crippen LogP contribution in [0.15, 0.2) is 0 Å². The van der Waals surface area contributed by atoms with Gasteiger partial charge in [0, 0.05) is 13.0 Å². The summed E-state index contributed by atoms with van der Waals surface area (Å²) in [6.07, 6.45) is -5.92. The van der Waals surface area contributed by atoms with Gasteiger partial charge in [-0.15, -0.1) is 0 Å². The molecule has 0 radical (unpaired) electrons. The lowest BCUT2D eigenvalue weighted by atomic mass is 10.1. The van der Waals surface area contributed by atoms with Crippen molar-refractivity contribution in [1.82, 2.24) is 0 Å². The summed E-state index contributed by atoms with van der Waals surface area (Å²) in [6.45, 7) is -0.484. The molecule has 0 saturated carbocycles. The molecule has 1 unspecified atom stereocenters. The van der Waals surface area contributed by atoms with Crippen LogP contribution >= 0.6 is 0 Å². The third-order valence-corrected chi connectivity index (χ3v) is 2.95. The molecule has 20 heavy (non-hydrogen) atoms. The van der Waals surface area contributed by atoms with Crippen molar-refractivity contribution in [3.63, 3.8) is 0 Å². The minimum absolute atomic E-state index is 0.0896. The molecule has 0 amide bonds. The number of hydrogen-bond donors (Lipinski definition) is 0. The highest BCUT2D eigenvalue weighted by molar-refractivity contribution is 4.90. The molecule has 1 aliphatic rings. The Morgan fingerprint density at radius 1 is 1.00 bits per heavy atom. The Bertz CT molecular complexity index is 298. The Morgan fingerprint density at radius 2 is 1.65 bits per heavy atom. The fourth-order valence-corrected chi connectivity index (χ4v) is 1.72. The Morgan fingerprint density at radius 3 is 2.15 bits per heavy atom. The summed E-state index contributed by atoms with van der Waals surface area (Å²) < 4.78 is 96.3. The van der Waals surface area contributed by atoms with Crippen molar-refractivity contribution in [2.45, 2.75) is 49.8 Å². The van der Waals surface area contributed by atoms with E-state index in [2.05, 4.69) is 0 Å². The van der Waals surface area contributed by atoms with Crippen molar-refractivity contribution in [2.75, 3.05) is 19.8 Å². The summed E-state index contributed by atoms with van der Waals surface area (Å²) in [5.41, 5.74) is 0. The van der Waals surface area contributed by atoms with E-state index in [0.29, 0.717) is 13.0 Å². The Kier molecular flexibility index (Phi) is 5.65. The molecule has 9 heteroatoms. The number of hydrogen-bond acceptors (Lipinski definition) is 2. The lowest BCUT2D eigenvalue weighted by molar-refractivity contribution is -0.356. The quantitative estimate of drug-likeness (QED) is 0.549. The van der Waals surface area contributed by atoms with Crippen molar-refractivity contribution in [2.24, 2.45) is 0 Å². The van der Waals surface area contributed by atoms with Crippen LogP contribution in [-0.4, -0.2) is 43.9 Å². The van der Waals surface area contributed by atoms with Crippen LogP contribution in [-0.2, 0) is 9.47 Å². The van der Waals surface area contributed by atoms with Crippen molar-refractivity contribution in [1.29, 1.82) is 0 Å². The van der Waals surface area contributed by atoms with Crippen LogP contribution in [0.5, 0.6) is 0 Å². The van der Waals surface area contributed by atoms with Gasteiger partial charge in [-0.3, -0.25) is 0 Å². The largest absolute Gasteiger partial charge is 0.459 e. The van der Waals surface area contributed by atoms with Crippen LogP contribution in [0, 0.1) is 0 Å². The van der Waals surface area contributed by atoms with Crippen LogP contribution in [0.25, 0.3) is 0 Å². The summed E-state index contributed by atoms with van der Waals surface area (Å²) in [5, 5.41) is 0. The van der Waals surface area contributed by atoms with E-state index in [1.165, 1.54) is 0 Å². The molecule has 0 N–H and O–H groups in total. The first-order valence-electron chi connectivity index (χ1n) is 6.09. The lowest BCUT2D eigenvalue weighted by Gasteiger charge is -2.28. The van der Waals surface area contributed by atoms with E-state index in [1.54, 1.807) is 0 Å². The Balaban J connectivity index is 2.35. The molecular formula is C11H15F7O2. The van der Waals surface area contributed by atoms with Gasteiger partial charge in [0.25, 0.3) is 0 Å². The zero-order valence-corrected chi connectivity index (χ0v) is 10.5. The van der Waals surface area contributed by atoms with Crippen molar-refractivity contribution >= 4 is 0 Å². The standard InChI is InChI=1S/C11H15F7O2/c12-9(13,10(14,15)11(16,17)18)4-6-19-7-8-3-1-2-5-20-8/h8H,1-7H2. The second kappa shape index (κ2) is 6.46. The third-order valence-electron chi connectivity index (χ3n) is 2.95. The second-order valence-electron chi connectivity index (χ2n) is 4.59. The van der Waals surface area contributed by atoms with Gasteiger partial charge in [-0.05, 0) is 19.3 Å². The average Bonchev–Trinajstić information content (AvgIpc) is 2.34. The van der Waals surface area contributed by atoms with Crippen LogP contribution in [0.3, 0.4) is 0 Å². The predicted molar refractivity (Wildman–Crippen MR) is 55.0 cm³/mol. The predicted octanol–water partition coefficient (Wildman–Crippen LogP) is 3.80. The summed E-state index contributed by atoms with van der Waals surface area (Å²) in [4.78, 5) is 0. The summed E-state index contributed by atoms with van der Waals surface area (Å²) in [7, 11) is 0. The van der Waals surface area contributed by atoms with Gasteiger partial charge in [-0.2, -0.15) is 30.7 Å². The van der Waals surface area contributed by atoms with Gasteiger partial charge in [-0.25, -0.2) is 0 Å². The molecule has 0 bridgehead atoms. The van der Waals surface area contributed by atoms with Gasteiger partial charge in [0.15, 0.2) is 0 Å². The van der Waals surface area contributed by atoms with Crippen molar-refractivity contribution in [3.8, 4) is 0 Å². The third kappa shape index (κ3) is 4.21. The van der Waals surface area contributed by atoms with E-state index in [9.17, 15) is 30.7 Å². The Labute approximate surface area is 111 Å². The first-order valence-corrected chi connectivity index (χ1v) is 6.09. The maximum absolute atomic E-state index is 12.9. The normalized spacial score (nSPS) is 22.1. The van der Waals surface area contributed by atoms with Crippen LogP contribution in [0.2, 0.25) is 0 Å². The Hall–Kier alpha value is -0.570. The van der Waals surface area contributed by atoms with Crippen LogP contribution < -0.4 is 0 Å². The average molecular weight is 312 g/mol. The second-order valence-corrected chi connectivity index (χ2v) is 4.59. The number of alkyl halides is 7. The highest BCUT2D eigenvalue weighted by Crippen LogP contribution is 2.47. The van der Waals surface area contributed by atoms with E-state index in [-0.39, 0.29) is 12.7 Å². The van der Waals surface area contributed by atoms with Gasteiger partial charge in [0.1, 0.15) is 0 Å². The number of ether oxygens (including phenoxy) is 2. The molecule has 120 valence electrons. The van der Waals surface area contributed by atoms with Crippen LogP contribution in [0.4, 0.5) is 30.7 Å². The lowest BCUT2D eigenvalue weighted by Crippen LogP contribution is -2.52. The monoisotopic (exact) mass is 312 g/mol. The van der Waals surface area contributed by atoms with Gasteiger partial charge < -0.3 is 9.47 Å². The van der Waals surface area contributed by atoms with E-state index in [1.807, 2.05) is 0 Å². The highest BCUT2D eigenvalue weighted by atomic mass is 19.4. The summed E-state index contributed by atoms with van der Waals surface area (Å²) in [6, 6.07) is 0. The minimum Gasteiger partial charge on any atom is -0.379 e. The fourth-order valence-electron chi connectivity index (χ4n) is 1.72. The van der Waals surface area contributed by atoms with Gasteiger partial charge in [-0.1, -0.05) is 0 Å². The van der Waals surface area contributed by atoms with Crippen molar-refractivity contribution in [3.05, 3.63) is 0 Å². The maximum Gasteiger partial charge on any atom is 0.459 e. The van der Waals surface area contributed by atoms with Gasteiger partial charge >= 0.3 is 18.0 Å². The smallest absolute Gasteiger partial charge is 0.379 e. The molecule has 0 aliphatic carbocycles. The van der Waals surface area contributed by atoms with E-state index in [4.69, 9.17) is 9.47 Å². The molecule has 2 nitrogen and oxygen atoms in total. The molecule has 0 aromatic carbocycles. The highest BCUT2D eigenvalue weighted by Gasteiger charge is 2.72. The molecule has 1 heterocycles. The first-order chi connectivity index (χ1) is 9.08. The van der Waals surface area contributed by atoms with Gasteiger partial charge in [0.05, 0.1) is 19.3 Å². The molecular weight excluding hydrogens is 297 g/mol. The van der Waals surface area contributed by atoms with Crippen LogP contribution in [0.1, 0.15) is 25.7 Å². The molecule has 1 fully saturated rings.